The van der Waals surface area contributed by atoms with E-state index in [0.717, 1.165) is 19.3 Å². The minimum atomic E-state index is -0.740. The molecule has 2 aliphatic rings. The van der Waals surface area contributed by atoms with Gasteiger partial charge in [-0.1, -0.05) is 31.4 Å². The number of hydrogen-bond donors (Lipinski definition) is 1. The highest BCUT2D eigenvalue weighted by atomic mass is 16.6. The Labute approximate surface area is 123 Å². The number of carbonyl (C=O) groups excluding carboxylic acids is 1. The molecule has 0 bridgehead atoms. The molecule has 1 saturated carbocycles. The van der Waals surface area contributed by atoms with Crippen LogP contribution in [0.1, 0.15) is 32.1 Å². The fourth-order valence-corrected chi connectivity index (χ4v) is 2.89. The quantitative estimate of drug-likeness (QED) is 0.904. The Kier molecular flexibility index (Phi) is 3.70. The molecular weight excluding hydrogens is 268 g/mol. The van der Waals surface area contributed by atoms with E-state index in [1.54, 1.807) is 12.1 Å². The van der Waals surface area contributed by atoms with Gasteiger partial charge in [0.25, 0.3) is 5.91 Å². The van der Waals surface area contributed by atoms with E-state index >= 15 is 0 Å². The van der Waals surface area contributed by atoms with E-state index in [1.807, 2.05) is 12.1 Å². The van der Waals surface area contributed by atoms with Crippen LogP contribution in [0.15, 0.2) is 24.3 Å². The first kappa shape index (κ1) is 13.7. The average molecular weight is 286 g/mol. The van der Waals surface area contributed by atoms with Gasteiger partial charge in [-0.2, -0.15) is 5.26 Å². The lowest BCUT2D eigenvalue weighted by Gasteiger charge is -2.34. The Balaban J connectivity index is 1.68. The van der Waals surface area contributed by atoms with Crippen LogP contribution in [0.5, 0.6) is 11.5 Å². The lowest BCUT2D eigenvalue weighted by atomic mass is 9.82. The molecule has 0 radical (unpaired) electrons. The first-order valence-electron chi connectivity index (χ1n) is 7.34. The summed E-state index contributed by atoms with van der Waals surface area (Å²) in [6, 6.07) is 9.55. The zero-order valence-electron chi connectivity index (χ0n) is 11.8. The highest BCUT2D eigenvalue weighted by Crippen LogP contribution is 2.32. The van der Waals surface area contributed by atoms with Crippen LogP contribution >= 0.6 is 0 Å². The van der Waals surface area contributed by atoms with Crippen LogP contribution in [-0.2, 0) is 4.79 Å². The van der Waals surface area contributed by atoms with Gasteiger partial charge in [0, 0.05) is 0 Å². The van der Waals surface area contributed by atoms with Crippen molar-refractivity contribution in [3.05, 3.63) is 24.3 Å². The number of carbonyl (C=O) groups is 1. The van der Waals surface area contributed by atoms with Gasteiger partial charge in [0.1, 0.15) is 12.1 Å². The van der Waals surface area contributed by atoms with Gasteiger partial charge in [-0.05, 0) is 25.0 Å². The molecule has 1 unspecified atom stereocenters. The Bertz CT molecular complexity index is 573. The number of para-hydroxylation sites is 2. The van der Waals surface area contributed by atoms with E-state index < -0.39 is 11.6 Å². The fraction of sp³-hybridized carbons (Fsp3) is 0.500. The molecule has 21 heavy (non-hydrogen) atoms. The third-order valence-electron chi connectivity index (χ3n) is 4.08. The number of hydrogen-bond acceptors (Lipinski definition) is 4. The first-order chi connectivity index (χ1) is 10.2. The standard InChI is InChI=1S/C16H18N2O3/c17-11-16(8-4-1-5-9-16)18-15(19)14-10-20-12-6-2-3-7-13(12)21-14/h2-3,6-7,14H,1,4-5,8-10H2,(H,18,19). The summed E-state index contributed by atoms with van der Waals surface area (Å²) in [6.07, 6.45) is 3.78. The van der Waals surface area contributed by atoms with Gasteiger partial charge in [-0.3, -0.25) is 4.79 Å². The maximum absolute atomic E-state index is 12.4. The molecular formula is C16H18N2O3. The van der Waals surface area contributed by atoms with Crippen LogP contribution < -0.4 is 14.8 Å². The molecule has 1 fully saturated rings. The van der Waals surface area contributed by atoms with Crippen molar-refractivity contribution in [3.63, 3.8) is 0 Å². The number of nitrogens with one attached hydrogen (secondary N) is 1. The zero-order chi connectivity index (χ0) is 14.7. The van der Waals surface area contributed by atoms with Crippen molar-refractivity contribution in [2.75, 3.05) is 6.61 Å². The van der Waals surface area contributed by atoms with Crippen molar-refractivity contribution in [2.24, 2.45) is 0 Å². The SMILES string of the molecule is N#CC1(NC(=O)C2COc3ccccc3O2)CCCCC1. The molecule has 5 heteroatoms. The number of nitriles is 1. The number of ether oxygens (including phenoxy) is 2. The molecule has 1 aromatic carbocycles. The maximum Gasteiger partial charge on any atom is 0.265 e. The van der Waals surface area contributed by atoms with E-state index in [1.165, 1.54) is 0 Å². The van der Waals surface area contributed by atoms with Gasteiger partial charge >= 0.3 is 0 Å². The molecule has 1 aliphatic heterocycles. The first-order valence-corrected chi connectivity index (χ1v) is 7.34. The number of benzene rings is 1. The second-order valence-electron chi connectivity index (χ2n) is 5.61. The van der Waals surface area contributed by atoms with Crippen molar-refractivity contribution in [2.45, 2.75) is 43.7 Å². The molecule has 0 saturated heterocycles. The monoisotopic (exact) mass is 286 g/mol. The third-order valence-corrected chi connectivity index (χ3v) is 4.08. The maximum atomic E-state index is 12.4. The third kappa shape index (κ3) is 2.80. The molecule has 1 amide bonds. The van der Waals surface area contributed by atoms with E-state index in [4.69, 9.17) is 9.47 Å². The van der Waals surface area contributed by atoms with Gasteiger partial charge in [0.2, 0.25) is 6.10 Å². The number of rotatable bonds is 2. The van der Waals surface area contributed by atoms with Crippen molar-refractivity contribution in [3.8, 4) is 17.6 Å². The molecule has 5 nitrogen and oxygen atoms in total. The predicted octanol–water partition coefficient (Wildman–Crippen LogP) is 2.17. The molecule has 1 heterocycles. The van der Waals surface area contributed by atoms with Gasteiger partial charge in [0.15, 0.2) is 11.5 Å². The van der Waals surface area contributed by atoms with Crippen molar-refractivity contribution < 1.29 is 14.3 Å². The van der Waals surface area contributed by atoms with E-state index in [0.29, 0.717) is 24.3 Å². The normalized spacial score (nSPS) is 22.9. The van der Waals surface area contributed by atoms with E-state index in [9.17, 15) is 10.1 Å². The van der Waals surface area contributed by atoms with Crippen LogP contribution in [0.4, 0.5) is 0 Å². The summed E-state index contributed by atoms with van der Waals surface area (Å²) in [5.74, 6) is 0.945. The molecule has 1 N–H and O–H groups in total. The fourth-order valence-electron chi connectivity index (χ4n) is 2.89. The number of nitrogens with zero attached hydrogens (tertiary/aromatic N) is 1. The number of amides is 1. The Morgan fingerprint density at radius 1 is 1.24 bits per heavy atom. The summed E-state index contributed by atoms with van der Waals surface area (Å²) in [5, 5.41) is 12.3. The highest BCUT2D eigenvalue weighted by molar-refractivity contribution is 5.83. The number of fused-ring (bicyclic) bond motifs is 1. The summed E-state index contributed by atoms with van der Waals surface area (Å²) in [7, 11) is 0. The lowest BCUT2D eigenvalue weighted by molar-refractivity contribution is -0.132. The van der Waals surface area contributed by atoms with Crippen LogP contribution in [0, 0.1) is 11.3 Å². The van der Waals surface area contributed by atoms with Gasteiger partial charge in [-0.15, -0.1) is 0 Å². The van der Waals surface area contributed by atoms with E-state index in [-0.39, 0.29) is 12.5 Å². The average Bonchev–Trinajstić information content (AvgIpc) is 2.55. The molecule has 110 valence electrons. The minimum Gasteiger partial charge on any atom is -0.485 e. The van der Waals surface area contributed by atoms with Crippen molar-refractivity contribution in [1.29, 1.82) is 5.26 Å². The second kappa shape index (κ2) is 5.65. The smallest absolute Gasteiger partial charge is 0.265 e. The molecule has 0 aromatic heterocycles. The van der Waals surface area contributed by atoms with Crippen LogP contribution in [0.25, 0.3) is 0 Å². The zero-order valence-corrected chi connectivity index (χ0v) is 11.8. The largest absolute Gasteiger partial charge is 0.485 e. The van der Waals surface area contributed by atoms with E-state index in [2.05, 4.69) is 11.4 Å². The van der Waals surface area contributed by atoms with Crippen molar-refractivity contribution >= 4 is 5.91 Å². The summed E-state index contributed by atoms with van der Waals surface area (Å²) in [4.78, 5) is 12.4. The van der Waals surface area contributed by atoms with Gasteiger partial charge in [0.05, 0.1) is 6.07 Å². The topological polar surface area (TPSA) is 71.4 Å². The molecule has 1 aromatic rings. The van der Waals surface area contributed by atoms with Crippen LogP contribution in [0.3, 0.4) is 0 Å². The second-order valence-corrected chi connectivity index (χ2v) is 5.61. The minimum absolute atomic E-state index is 0.171. The summed E-state index contributed by atoms with van der Waals surface area (Å²) >= 11 is 0. The predicted molar refractivity (Wildman–Crippen MR) is 75.9 cm³/mol. The molecule has 1 aliphatic carbocycles. The van der Waals surface area contributed by atoms with Crippen LogP contribution in [0.2, 0.25) is 0 Å². The summed E-state index contributed by atoms with van der Waals surface area (Å²) in [6.45, 7) is 0.171. The lowest BCUT2D eigenvalue weighted by Crippen LogP contribution is -2.54. The molecule has 1 atom stereocenters. The van der Waals surface area contributed by atoms with Gasteiger partial charge in [-0.25, -0.2) is 0 Å². The summed E-state index contributed by atoms with van der Waals surface area (Å²) in [5.41, 5.74) is -0.740. The Hall–Kier alpha value is -2.22. The summed E-state index contributed by atoms with van der Waals surface area (Å²) < 4.78 is 11.2. The van der Waals surface area contributed by atoms with Crippen LogP contribution in [-0.4, -0.2) is 24.2 Å². The molecule has 3 rings (SSSR count). The Morgan fingerprint density at radius 2 is 1.95 bits per heavy atom. The van der Waals surface area contributed by atoms with Gasteiger partial charge < -0.3 is 14.8 Å². The Morgan fingerprint density at radius 3 is 2.67 bits per heavy atom. The van der Waals surface area contributed by atoms with Crippen molar-refractivity contribution in [1.82, 2.24) is 5.32 Å². The highest BCUT2D eigenvalue weighted by Gasteiger charge is 2.37. The molecule has 0 spiro atoms.